The van der Waals surface area contributed by atoms with E-state index in [9.17, 15) is 4.79 Å². The van der Waals surface area contributed by atoms with Gasteiger partial charge in [-0.25, -0.2) is 0 Å². The molecule has 0 spiro atoms. The number of ether oxygens (including phenoxy) is 1. The summed E-state index contributed by atoms with van der Waals surface area (Å²) in [6.45, 7) is 8.87. The van der Waals surface area contributed by atoms with Gasteiger partial charge in [-0.3, -0.25) is 4.79 Å². The minimum atomic E-state index is -0.326. The molecule has 138 valence electrons. The van der Waals surface area contributed by atoms with E-state index in [1.165, 1.54) is 25.9 Å². The van der Waals surface area contributed by atoms with Gasteiger partial charge < -0.3 is 20.3 Å². The molecule has 0 aromatic carbocycles. The molecule has 0 radical (unpaired) electrons. The van der Waals surface area contributed by atoms with Gasteiger partial charge in [0.1, 0.15) is 0 Å². The SMILES string of the molecule is COCC1(C(=O)NCC(C)CN2CCCC2)CCNCC1.Cl.Cl. The van der Waals surface area contributed by atoms with Gasteiger partial charge in [-0.1, -0.05) is 6.92 Å². The first kappa shape index (κ1) is 22.9. The van der Waals surface area contributed by atoms with Crippen LogP contribution < -0.4 is 10.6 Å². The van der Waals surface area contributed by atoms with Crippen molar-refractivity contribution in [2.24, 2.45) is 11.3 Å². The monoisotopic (exact) mass is 369 g/mol. The molecule has 2 rings (SSSR count). The molecule has 0 aliphatic carbocycles. The maximum atomic E-state index is 12.6. The fraction of sp³-hybridized carbons (Fsp3) is 0.938. The van der Waals surface area contributed by atoms with Gasteiger partial charge >= 0.3 is 0 Å². The van der Waals surface area contributed by atoms with Gasteiger partial charge in [0.05, 0.1) is 12.0 Å². The molecule has 0 bridgehead atoms. The second-order valence-electron chi connectivity index (χ2n) is 6.79. The number of piperidine rings is 1. The van der Waals surface area contributed by atoms with E-state index >= 15 is 0 Å². The topological polar surface area (TPSA) is 53.6 Å². The Morgan fingerprint density at radius 1 is 1.26 bits per heavy atom. The summed E-state index contributed by atoms with van der Waals surface area (Å²) >= 11 is 0. The third-order valence-corrected chi connectivity index (χ3v) is 4.84. The van der Waals surface area contributed by atoms with Crippen LogP contribution in [0.5, 0.6) is 0 Å². The zero-order chi connectivity index (χ0) is 15.1. The maximum Gasteiger partial charge on any atom is 0.228 e. The third-order valence-electron chi connectivity index (χ3n) is 4.84. The molecule has 2 heterocycles. The molecule has 0 aromatic rings. The van der Waals surface area contributed by atoms with Gasteiger partial charge in [0.25, 0.3) is 0 Å². The molecule has 5 nitrogen and oxygen atoms in total. The van der Waals surface area contributed by atoms with E-state index in [4.69, 9.17) is 4.74 Å². The molecular weight excluding hydrogens is 337 g/mol. The highest BCUT2D eigenvalue weighted by molar-refractivity contribution is 5.85. The summed E-state index contributed by atoms with van der Waals surface area (Å²) in [6, 6.07) is 0. The normalized spacial score (nSPS) is 21.8. The number of likely N-dealkylation sites (tertiary alicyclic amines) is 1. The van der Waals surface area contributed by atoms with Crippen molar-refractivity contribution in [3.8, 4) is 0 Å². The Balaban J connectivity index is 0.00000242. The largest absolute Gasteiger partial charge is 0.384 e. The lowest BCUT2D eigenvalue weighted by atomic mass is 9.78. The van der Waals surface area contributed by atoms with Gasteiger partial charge in [0.15, 0.2) is 0 Å². The molecule has 1 amide bonds. The summed E-state index contributed by atoms with van der Waals surface area (Å²) in [5, 5.41) is 6.50. The molecule has 2 aliphatic heterocycles. The highest BCUT2D eigenvalue weighted by Crippen LogP contribution is 2.29. The van der Waals surface area contributed by atoms with Crippen LogP contribution >= 0.6 is 24.8 Å². The van der Waals surface area contributed by atoms with Gasteiger partial charge in [0.2, 0.25) is 5.91 Å². The summed E-state index contributed by atoms with van der Waals surface area (Å²) in [6.07, 6.45) is 4.38. The first-order valence-electron chi connectivity index (χ1n) is 8.36. The average Bonchev–Trinajstić information content (AvgIpc) is 2.99. The van der Waals surface area contributed by atoms with Crippen LogP contribution in [0.1, 0.15) is 32.6 Å². The molecule has 0 saturated carbocycles. The van der Waals surface area contributed by atoms with E-state index < -0.39 is 0 Å². The Hall–Kier alpha value is -0.0700. The fourth-order valence-electron chi connectivity index (χ4n) is 3.54. The number of carbonyl (C=O) groups excluding carboxylic acids is 1. The second kappa shape index (κ2) is 11.5. The quantitative estimate of drug-likeness (QED) is 0.716. The summed E-state index contributed by atoms with van der Waals surface area (Å²) in [7, 11) is 1.69. The van der Waals surface area contributed by atoms with Crippen LogP contribution in [0, 0.1) is 11.3 Å². The van der Waals surface area contributed by atoms with E-state index in [0.717, 1.165) is 39.0 Å². The van der Waals surface area contributed by atoms with Crippen LogP contribution in [0.25, 0.3) is 0 Å². The molecule has 1 unspecified atom stereocenters. The van der Waals surface area contributed by atoms with Crippen molar-refractivity contribution in [2.45, 2.75) is 32.6 Å². The zero-order valence-electron chi connectivity index (χ0n) is 14.4. The summed E-state index contributed by atoms with van der Waals surface area (Å²) in [5.41, 5.74) is -0.326. The molecule has 23 heavy (non-hydrogen) atoms. The van der Waals surface area contributed by atoms with Gasteiger partial charge in [-0.2, -0.15) is 0 Å². The van der Waals surface area contributed by atoms with Crippen molar-refractivity contribution in [2.75, 3.05) is 53.0 Å². The van der Waals surface area contributed by atoms with Crippen molar-refractivity contribution in [1.82, 2.24) is 15.5 Å². The van der Waals surface area contributed by atoms with E-state index in [-0.39, 0.29) is 36.1 Å². The minimum Gasteiger partial charge on any atom is -0.384 e. The van der Waals surface area contributed by atoms with E-state index in [0.29, 0.717) is 12.5 Å². The number of hydrogen-bond acceptors (Lipinski definition) is 4. The van der Waals surface area contributed by atoms with E-state index in [1.807, 2.05) is 0 Å². The van der Waals surface area contributed by atoms with E-state index in [1.54, 1.807) is 7.11 Å². The number of halogens is 2. The minimum absolute atomic E-state index is 0. The number of carbonyl (C=O) groups is 1. The molecule has 2 fully saturated rings. The Kier molecular flexibility index (Phi) is 11.4. The number of amides is 1. The lowest BCUT2D eigenvalue weighted by Gasteiger charge is -2.36. The summed E-state index contributed by atoms with van der Waals surface area (Å²) in [5.74, 6) is 0.687. The van der Waals surface area contributed by atoms with E-state index in [2.05, 4.69) is 22.5 Å². The lowest BCUT2D eigenvalue weighted by Crippen LogP contribution is -2.51. The number of nitrogens with zero attached hydrogens (tertiary/aromatic N) is 1. The zero-order valence-corrected chi connectivity index (χ0v) is 16.1. The van der Waals surface area contributed by atoms with Crippen LogP contribution in [0.2, 0.25) is 0 Å². The Morgan fingerprint density at radius 3 is 2.43 bits per heavy atom. The predicted molar refractivity (Wildman–Crippen MR) is 98.8 cm³/mol. The Labute approximate surface area is 153 Å². The fourth-order valence-corrected chi connectivity index (χ4v) is 3.54. The standard InChI is InChI=1S/C16H31N3O2.2ClH/c1-14(12-19-9-3-4-10-19)11-18-15(20)16(13-21-2)5-7-17-8-6-16;;/h14,17H,3-13H2,1-2H3,(H,18,20);2*1H. The molecule has 7 heteroatoms. The van der Waals surface area contributed by atoms with Crippen LogP contribution in [0.4, 0.5) is 0 Å². The van der Waals surface area contributed by atoms with Crippen molar-refractivity contribution in [3.05, 3.63) is 0 Å². The first-order valence-corrected chi connectivity index (χ1v) is 8.36. The highest BCUT2D eigenvalue weighted by Gasteiger charge is 2.39. The molecule has 2 aliphatic rings. The lowest BCUT2D eigenvalue weighted by molar-refractivity contribution is -0.136. The smallest absolute Gasteiger partial charge is 0.228 e. The molecule has 2 N–H and O–H groups in total. The summed E-state index contributed by atoms with van der Waals surface area (Å²) < 4.78 is 5.32. The maximum absolute atomic E-state index is 12.6. The molecule has 1 atom stereocenters. The number of nitrogens with one attached hydrogen (secondary N) is 2. The van der Waals surface area contributed by atoms with Crippen LogP contribution in [-0.4, -0.2) is 63.8 Å². The van der Waals surface area contributed by atoms with Crippen molar-refractivity contribution < 1.29 is 9.53 Å². The van der Waals surface area contributed by atoms with Gasteiger partial charge in [0, 0.05) is 20.2 Å². The van der Waals surface area contributed by atoms with Gasteiger partial charge in [-0.15, -0.1) is 24.8 Å². The Bertz CT molecular complexity index is 328. The number of rotatable bonds is 7. The van der Waals surface area contributed by atoms with Crippen molar-refractivity contribution in [1.29, 1.82) is 0 Å². The van der Waals surface area contributed by atoms with Gasteiger partial charge in [-0.05, 0) is 57.8 Å². The van der Waals surface area contributed by atoms with Crippen LogP contribution in [-0.2, 0) is 9.53 Å². The van der Waals surface area contributed by atoms with Crippen molar-refractivity contribution >= 4 is 30.7 Å². The summed E-state index contributed by atoms with van der Waals surface area (Å²) in [4.78, 5) is 15.1. The first-order chi connectivity index (χ1) is 10.2. The van der Waals surface area contributed by atoms with Crippen LogP contribution in [0.15, 0.2) is 0 Å². The average molecular weight is 370 g/mol. The highest BCUT2D eigenvalue weighted by atomic mass is 35.5. The predicted octanol–water partition coefficient (Wildman–Crippen LogP) is 1.69. The molecule has 0 aromatic heterocycles. The van der Waals surface area contributed by atoms with Crippen molar-refractivity contribution in [3.63, 3.8) is 0 Å². The third kappa shape index (κ3) is 6.75. The number of hydrogen-bond donors (Lipinski definition) is 2. The molecular formula is C16H33Cl2N3O2. The molecule has 2 saturated heterocycles. The van der Waals surface area contributed by atoms with Crippen LogP contribution in [0.3, 0.4) is 0 Å². The Morgan fingerprint density at radius 2 is 1.87 bits per heavy atom. The number of methoxy groups -OCH3 is 1. The second-order valence-corrected chi connectivity index (χ2v) is 6.79.